The van der Waals surface area contributed by atoms with Gasteiger partial charge in [0.05, 0.1) is 24.0 Å². The maximum Gasteiger partial charge on any atom is 0.231 e. The second kappa shape index (κ2) is 6.27. The molecule has 0 aliphatic carbocycles. The molecule has 1 aromatic carbocycles. The minimum absolute atomic E-state index is 0.251. The van der Waals surface area contributed by atoms with Gasteiger partial charge in [0.15, 0.2) is 11.5 Å². The molecule has 4 rings (SSSR count). The van der Waals surface area contributed by atoms with Crippen molar-refractivity contribution in [3.63, 3.8) is 0 Å². The maximum absolute atomic E-state index is 9.97. The summed E-state index contributed by atoms with van der Waals surface area (Å²) in [5.41, 5.74) is 2.92. The Kier molecular flexibility index (Phi) is 4.12. The Bertz CT molecular complexity index is 762. The van der Waals surface area contributed by atoms with Crippen molar-refractivity contribution in [1.82, 2.24) is 14.7 Å². The highest BCUT2D eigenvalue weighted by Crippen LogP contribution is 2.37. The first-order valence-corrected chi connectivity index (χ1v) is 8.57. The Balaban J connectivity index is 1.50. The van der Waals surface area contributed by atoms with Gasteiger partial charge in [0, 0.05) is 30.7 Å². The third-order valence-electron chi connectivity index (χ3n) is 4.56. The number of hydrogen-bond donors (Lipinski definition) is 1. The number of ether oxygens (including phenoxy) is 2. The van der Waals surface area contributed by atoms with E-state index in [4.69, 9.17) is 21.1 Å². The van der Waals surface area contributed by atoms with Gasteiger partial charge in [-0.1, -0.05) is 18.5 Å². The van der Waals surface area contributed by atoms with E-state index in [1.165, 1.54) is 0 Å². The first-order valence-electron chi connectivity index (χ1n) is 8.19. The fourth-order valence-corrected chi connectivity index (χ4v) is 3.38. The zero-order valence-electron chi connectivity index (χ0n) is 13.5. The predicted octanol–water partition coefficient (Wildman–Crippen LogP) is 2.72. The van der Waals surface area contributed by atoms with Gasteiger partial charge in [-0.2, -0.15) is 5.10 Å². The van der Waals surface area contributed by atoms with Gasteiger partial charge in [-0.3, -0.25) is 9.58 Å². The normalized spacial score (nSPS) is 17.8. The molecule has 0 bridgehead atoms. The molecule has 3 heterocycles. The van der Waals surface area contributed by atoms with Gasteiger partial charge in [-0.15, -0.1) is 0 Å². The second-order valence-corrected chi connectivity index (χ2v) is 6.62. The van der Waals surface area contributed by atoms with E-state index in [0.29, 0.717) is 17.2 Å². The second-order valence-electron chi connectivity index (χ2n) is 6.22. The highest BCUT2D eigenvalue weighted by molar-refractivity contribution is 6.31. The van der Waals surface area contributed by atoms with E-state index >= 15 is 0 Å². The van der Waals surface area contributed by atoms with Crippen molar-refractivity contribution in [2.45, 2.75) is 39.1 Å². The lowest BCUT2D eigenvalue weighted by Gasteiger charge is -2.27. The number of hydrogen-bond acceptors (Lipinski definition) is 5. The van der Waals surface area contributed by atoms with E-state index in [1.54, 1.807) is 0 Å². The van der Waals surface area contributed by atoms with E-state index in [9.17, 15) is 5.11 Å². The van der Waals surface area contributed by atoms with E-state index in [0.717, 1.165) is 48.9 Å². The Morgan fingerprint density at radius 1 is 1.25 bits per heavy atom. The van der Waals surface area contributed by atoms with Crippen molar-refractivity contribution in [1.29, 1.82) is 0 Å². The molecule has 1 unspecified atom stereocenters. The van der Waals surface area contributed by atoms with Crippen LogP contribution in [0.1, 0.15) is 36.4 Å². The van der Waals surface area contributed by atoms with Crippen molar-refractivity contribution >= 4 is 11.6 Å². The molecular formula is C17H20ClN3O3. The fraction of sp³-hybridized carbons (Fsp3) is 0.471. The average molecular weight is 350 g/mol. The number of fused-ring (bicyclic) bond motifs is 2. The van der Waals surface area contributed by atoms with Gasteiger partial charge in [0.1, 0.15) is 0 Å². The highest BCUT2D eigenvalue weighted by Gasteiger charge is 2.23. The molecule has 7 heteroatoms. The van der Waals surface area contributed by atoms with Crippen LogP contribution < -0.4 is 9.47 Å². The summed E-state index contributed by atoms with van der Waals surface area (Å²) >= 11 is 6.38. The van der Waals surface area contributed by atoms with Crippen LogP contribution in [0.5, 0.6) is 11.5 Å². The van der Waals surface area contributed by atoms with Crippen LogP contribution in [0.25, 0.3) is 0 Å². The summed E-state index contributed by atoms with van der Waals surface area (Å²) in [4.78, 5) is 2.32. The topological polar surface area (TPSA) is 59.8 Å². The number of halogens is 1. The van der Waals surface area contributed by atoms with Crippen LogP contribution in [0.3, 0.4) is 0 Å². The van der Waals surface area contributed by atoms with E-state index in [2.05, 4.69) is 10.00 Å². The predicted molar refractivity (Wildman–Crippen MR) is 89.2 cm³/mol. The summed E-state index contributed by atoms with van der Waals surface area (Å²) in [6.07, 6.45) is 0.187. The molecule has 1 N–H and O–H groups in total. The molecular weight excluding hydrogens is 330 g/mol. The molecule has 128 valence electrons. The highest BCUT2D eigenvalue weighted by atomic mass is 35.5. The van der Waals surface area contributed by atoms with Crippen LogP contribution in [0, 0.1) is 0 Å². The molecule has 0 saturated heterocycles. The number of aliphatic hydroxyl groups is 1. The van der Waals surface area contributed by atoms with Crippen molar-refractivity contribution < 1.29 is 14.6 Å². The van der Waals surface area contributed by atoms with Crippen LogP contribution in [0.15, 0.2) is 18.2 Å². The van der Waals surface area contributed by atoms with Crippen LogP contribution in [0.2, 0.25) is 5.02 Å². The molecule has 0 saturated carbocycles. The molecule has 2 aliphatic rings. The smallest absolute Gasteiger partial charge is 0.231 e. The number of aliphatic hydroxyl groups excluding tert-OH is 1. The van der Waals surface area contributed by atoms with Crippen LogP contribution >= 0.6 is 11.6 Å². The lowest BCUT2D eigenvalue weighted by atomic mass is 10.1. The van der Waals surface area contributed by atoms with E-state index < -0.39 is 6.10 Å². The molecule has 0 radical (unpaired) electrons. The summed E-state index contributed by atoms with van der Waals surface area (Å²) in [6.45, 7) is 5.44. The Labute approximate surface area is 145 Å². The molecule has 24 heavy (non-hydrogen) atoms. The van der Waals surface area contributed by atoms with Crippen LogP contribution in [-0.4, -0.2) is 33.1 Å². The summed E-state index contributed by atoms with van der Waals surface area (Å²) in [7, 11) is 0. The van der Waals surface area contributed by atoms with E-state index in [-0.39, 0.29) is 6.79 Å². The summed E-state index contributed by atoms with van der Waals surface area (Å²) in [6, 6.07) is 5.79. The quantitative estimate of drug-likeness (QED) is 0.919. The van der Waals surface area contributed by atoms with E-state index in [1.807, 2.05) is 29.8 Å². The van der Waals surface area contributed by atoms with Crippen molar-refractivity contribution in [3.05, 3.63) is 40.2 Å². The van der Waals surface area contributed by atoms with Gasteiger partial charge >= 0.3 is 0 Å². The van der Waals surface area contributed by atoms with Gasteiger partial charge in [0.2, 0.25) is 6.79 Å². The van der Waals surface area contributed by atoms with Gasteiger partial charge in [-0.05, 0) is 24.1 Å². The SMILES string of the molecule is CCC(O)c1cc2n(n1)CCN(Cc1cc3c(cc1Cl)OCO3)C2. The fourth-order valence-electron chi connectivity index (χ4n) is 3.17. The average Bonchev–Trinajstić information content (AvgIpc) is 3.20. The minimum Gasteiger partial charge on any atom is -0.454 e. The molecule has 2 aliphatic heterocycles. The third-order valence-corrected chi connectivity index (χ3v) is 4.91. The largest absolute Gasteiger partial charge is 0.454 e. The van der Waals surface area contributed by atoms with Gasteiger partial charge < -0.3 is 14.6 Å². The first-order chi connectivity index (χ1) is 11.6. The van der Waals surface area contributed by atoms with Crippen molar-refractivity contribution in [3.8, 4) is 11.5 Å². The van der Waals surface area contributed by atoms with Crippen molar-refractivity contribution in [2.75, 3.05) is 13.3 Å². The molecule has 0 fully saturated rings. The standard InChI is InChI=1S/C17H20ClN3O3/c1-2-15(22)14-6-12-9-20(3-4-21(12)19-14)8-11-5-16-17(7-13(11)18)24-10-23-16/h5-7,15,22H,2-4,8-10H2,1H3. The molecule has 0 amide bonds. The van der Waals surface area contributed by atoms with Gasteiger partial charge in [0.25, 0.3) is 0 Å². The van der Waals surface area contributed by atoms with Crippen LogP contribution in [0.4, 0.5) is 0 Å². The number of benzene rings is 1. The zero-order chi connectivity index (χ0) is 16.7. The summed E-state index contributed by atoms with van der Waals surface area (Å²) < 4.78 is 12.8. The number of rotatable bonds is 4. The Morgan fingerprint density at radius 3 is 2.83 bits per heavy atom. The maximum atomic E-state index is 9.97. The molecule has 0 spiro atoms. The monoisotopic (exact) mass is 349 g/mol. The third kappa shape index (κ3) is 2.85. The van der Waals surface area contributed by atoms with Gasteiger partial charge in [-0.25, -0.2) is 0 Å². The summed E-state index contributed by atoms with van der Waals surface area (Å²) in [5.74, 6) is 1.46. The lowest BCUT2D eigenvalue weighted by molar-refractivity contribution is 0.166. The molecule has 1 aromatic heterocycles. The van der Waals surface area contributed by atoms with Crippen molar-refractivity contribution in [2.24, 2.45) is 0 Å². The Morgan fingerprint density at radius 2 is 2.04 bits per heavy atom. The summed E-state index contributed by atoms with van der Waals surface area (Å²) in [5, 5.41) is 15.2. The first kappa shape index (κ1) is 15.7. The molecule has 1 atom stereocenters. The van der Waals surface area contributed by atoms with Crippen LogP contribution in [-0.2, 0) is 19.6 Å². The lowest BCUT2D eigenvalue weighted by Crippen LogP contribution is -2.33. The minimum atomic E-state index is -0.486. The number of aromatic nitrogens is 2. The molecule has 6 nitrogen and oxygen atoms in total. The Hall–Kier alpha value is -1.76. The molecule has 2 aromatic rings. The zero-order valence-corrected chi connectivity index (χ0v) is 14.3. The number of nitrogens with zero attached hydrogens (tertiary/aromatic N) is 3.